The Morgan fingerprint density at radius 2 is 1.68 bits per heavy atom. The Morgan fingerprint density at radius 1 is 0.895 bits per heavy atom. The van der Waals surface area contributed by atoms with Gasteiger partial charge in [-0.25, -0.2) is 0 Å². The van der Waals surface area contributed by atoms with Crippen LogP contribution < -0.4 is 4.90 Å². The molecule has 6 rings (SSSR count). The van der Waals surface area contributed by atoms with Crippen LogP contribution in [0.1, 0.15) is 25.8 Å². The first-order valence-electron chi connectivity index (χ1n) is 13.1. The standard InChI is InChI=1S/C34H30N4/c1-3-10-25(4-2)28-16-22-33-34(24-28)36-38(35-33)31-20-18-30(19-21-31)37(29-13-6-5-7-14-29)32-17-15-26-11-8-9-12-27(26)23-32/h3-14,16-24,26H,15H2,1-2H3/b10-3-,25-4+. The summed E-state index contributed by atoms with van der Waals surface area (Å²) < 4.78 is 0. The van der Waals surface area contributed by atoms with Gasteiger partial charge in [-0.2, -0.15) is 4.80 Å². The number of hydrogen-bond acceptors (Lipinski definition) is 3. The fourth-order valence-corrected chi connectivity index (χ4v) is 5.11. The van der Waals surface area contributed by atoms with Crippen molar-refractivity contribution in [1.82, 2.24) is 15.0 Å². The van der Waals surface area contributed by atoms with Crippen molar-refractivity contribution >= 4 is 28.0 Å². The molecular weight excluding hydrogens is 464 g/mol. The third-order valence-electron chi connectivity index (χ3n) is 7.05. The van der Waals surface area contributed by atoms with E-state index in [1.165, 1.54) is 16.8 Å². The predicted octanol–water partition coefficient (Wildman–Crippen LogP) is 8.49. The largest absolute Gasteiger partial charge is 0.311 e. The molecule has 1 atom stereocenters. The highest BCUT2D eigenvalue weighted by Gasteiger charge is 2.21. The number of hydrogen-bond donors (Lipinski definition) is 0. The average molecular weight is 495 g/mol. The molecule has 2 aliphatic carbocycles. The molecular formula is C34H30N4. The molecule has 1 unspecified atom stereocenters. The number of anilines is 2. The summed E-state index contributed by atoms with van der Waals surface area (Å²) >= 11 is 0. The summed E-state index contributed by atoms with van der Waals surface area (Å²) in [6, 6.07) is 25.3. The fraction of sp³-hybridized carbons (Fsp3) is 0.118. The van der Waals surface area contributed by atoms with Gasteiger partial charge in [0, 0.05) is 23.0 Å². The number of rotatable bonds is 6. The third kappa shape index (κ3) is 4.57. The van der Waals surface area contributed by atoms with E-state index >= 15 is 0 Å². The van der Waals surface area contributed by atoms with E-state index < -0.39 is 0 Å². The van der Waals surface area contributed by atoms with Crippen LogP contribution in [0.25, 0.3) is 22.3 Å². The van der Waals surface area contributed by atoms with Crippen LogP contribution in [0.5, 0.6) is 0 Å². The molecule has 0 radical (unpaired) electrons. The summed E-state index contributed by atoms with van der Waals surface area (Å²) in [5.74, 6) is 0.464. The lowest BCUT2D eigenvalue weighted by Crippen LogP contribution is -2.19. The van der Waals surface area contributed by atoms with Gasteiger partial charge < -0.3 is 4.90 Å². The van der Waals surface area contributed by atoms with Crippen LogP contribution in [-0.2, 0) is 0 Å². The zero-order valence-electron chi connectivity index (χ0n) is 21.7. The lowest BCUT2D eigenvalue weighted by atomic mass is 9.87. The Bertz CT molecular complexity index is 1640. The third-order valence-corrected chi connectivity index (χ3v) is 7.05. The quantitative estimate of drug-likeness (QED) is 0.252. The highest BCUT2D eigenvalue weighted by atomic mass is 15.5. The second-order valence-corrected chi connectivity index (χ2v) is 9.48. The molecule has 1 aromatic heterocycles. The topological polar surface area (TPSA) is 34.0 Å². The summed E-state index contributed by atoms with van der Waals surface area (Å²) in [5, 5.41) is 9.54. The zero-order chi connectivity index (χ0) is 25.9. The molecule has 4 heteroatoms. The van der Waals surface area contributed by atoms with E-state index in [2.05, 4.69) is 133 Å². The van der Waals surface area contributed by atoms with E-state index in [-0.39, 0.29) is 0 Å². The summed E-state index contributed by atoms with van der Waals surface area (Å²) in [4.78, 5) is 4.04. The van der Waals surface area contributed by atoms with Gasteiger partial charge in [-0.1, -0.05) is 72.9 Å². The van der Waals surface area contributed by atoms with Gasteiger partial charge in [0.2, 0.25) is 0 Å². The molecule has 3 aromatic carbocycles. The van der Waals surface area contributed by atoms with Crippen LogP contribution in [0.2, 0.25) is 0 Å². The zero-order valence-corrected chi connectivity index (χ0v) is 21.7. The van der Waals surface area contributed by atoms with Crippen LogP contribution in [0.4, 0.5) is 11.4 Å². The molecule has 4 nitrogen and oxygen atoms in total. The lowest BCUT2D eigenvalue weighted by Gasteiger charge is -2.30. The second-order valence-electron chi connectivity index (χ2n) is 9.48. The van der Waals surface area contributed by atoms with Gasteiger partial charge in [0.15, 0.2) is 0 Å². The maximum atomic E-state index is 4.79. The van der Waals surface area contributed by atoms with Crippen LogP contribution in [-0.4, -0.2) is 15.0 Å². The lowest BCUT2D eigenvalue weighted by molar-refractivity contribution is 0.764. The van der Waals surface area contributed by atoms with E-state index in [1.807, 2.05) is 13.0 Å². The maximum absolute atomic E-state index is 4.79. The van der Waals surface area contributed by atoms with Gasteiger partial charge in [0.25, 0.3) is 0 Å². The Labute approximate surface area is 223 Å². The van der Waals surface area contributed by atoms with Crippen LogP contribution in [0.3, 0.4) is 0 Å². The minimum atomic E-state index is 0.464. The molecule has 0 N–H and O–H groups in total. The van der Waals surface area contributed by atoms with Crippen molar-refractivity contribution in [2.24, 2.45) is 5.92 Å². The molecule has 0 saturated heterocycles. The molecule has 38 heavy (non-hydrogen) atoms. The molecule has 0 amide bonds. The molecule has 2 aliphatic rings. The Morgan fingerprint density at radius 3 is 2.47 bits per heavy atom. The first kappa shape index (κ1) is 23.7. The SMILES string of the molecule is C/C=C\C(=C/C)c1ccc2nn(-c3ccc(N(C4=CCC5C=CC=CC5=C4)c4ccccc4)cc3)nc2c1. The number of benzene rings is 3. The first-order chi connectivity index (χ1) is 18.7. The van der Waals surface area contributed by atoms with E-state index in [0.717, 1.165) is 40.1 Å². The summed E-state index contributed by atoms with van der Waals surface area (Å²) in [5.41, 5.74) is 9.76. The van der Waals surface area contributed by atoms with Crippen molar-refractivity contribution in [2.75, 3.05) is 4.90 Å². The van der Waals surface area contributed by atoms with E-state index in [1.54, 1.807) is 4.80 Å². The number of nitrogens with zero attached hydrogens (tertiary/aromatic N) is 4. The number of fused-ring (bicyclic) bond motifs is 2. The Kier molecular flexibility index (Phi) is 6.45. The van der Waals surface area contributed by atoms with Crippen LogP contribution in [0.15, 0.2) is 139 Å². The Hall–Kier alpha value is -4.70. The molecule has 186 valence electrons. The molecule has 0 spiro atoms. The molecule has 1 heterocycles. The molecule has 0 saturated carbocycles. The summed E-state index contributed by atoms with van der Waals surface area (Å²) in [6.07, 6.45) is 20.7. The van der Waals surface area contributed by atoms with Crippen LogP contribution in [0, 0.1) is 5.92 Å². The summed E-state index contributed by atoms with van der Waals surface area (Å²) in [7, 11) is 0. The predicted molar refractivity (Wildman–Crippen MR) is 158 cm³/mol. The van der Waals surface area contributed by atoms with E-state index in [0.29, 0.717) is 5.92 Å². The van der Waals surface area contributed by atoms with Gasteiger partial charge in [0.1, 0.15) is 11.0 Å². The average Bonchev–Trinajstić information content (AvgIpc) is 3.40. The van der Waals surface area contributed by atoms with E-state index in [4.69, 9.17) is 10.2 Å². The number of aromatic nitrogens is 3. The minimum absolute atomic E-state index is 0.464. The normalized spacial score (nSPS) is 17.0. The van der Waals surface area contributed by atoms with E-state index in [9.17, 15) is 0 Å². The number of para-hydroxylation sites is 1. The molecule has 0 fully saturated rings. The highest BCUT2D eigenvalue weighted by Crippen LogP contribution is 2.36. The van der Waals surface area contributed by atoms with Crippen molar-refractivity contribution in [3.63, 3.8) is 0 Å². The maximum Gasteiger partial charge on any atom is 0.114 e. The molecule has 0 aliphatic heterocycles. The molecule has 0 bridgehead atoms. The second kappa shape index (κ2) is 10.3. The highest BCUT2D eigenvalue weighted by molar-refractivity contribution is 5.83. The van der Waals surface area contributed by atoms with Crippen LogP contribution >= 0.6 is 0 Å². The van der Waals surface area contributed by atoms with Gasteiger partial charge in [-0.05, 0) is 91.6 Å². The van der Waals surface area contributed by atoms with Crippen molar-refractivity contribution in [2.45, 2.75) is 20.3 Å². The van der Waals surface area contributed by atoms with Gasteiger partial charge >= 0.3 is 0 Å². The van der Waals surface area contributed by atoms with Gasteiger partial charge in [-0.3, -0.25) is 0 Å². The molecule has 4 aromatic rings. The van der Waals surface area contributed by atoms with Gasteiger partial charge in [-0.15, -0.1) is 10.2 Å². The monoisotopic (exact) mass is 494 g/mol. The van der Waals surface area contributed by atoms with Gasteiger partial charge in [0.05, 0.1) is 5.69 Å². The number of allylic oxidation sites excluding steroid dienone is 11. The Balaban J connectivity index is 1.34. The summed E-state index contributed by atoms with van der Waals surface area (Å²) in [6.45, 7) is 4.08. The van der Waals surface area contributed by atoms with Crippen molar-refractivity contribution < 1.29 is 0 Å². The minimum Gasteiger partial charge on any atom is -0.311 e. The first-order valence-corrected chi connectivity index (χ1v) is 13.1. The smallest absolute Gasteiger partial charge is 0.114 e. The van der Waals surface area contributed by atoms with Crippen molar-refractivity contribution in [3.05, 3.63) is 144 Å². The fourth-order valence-electron chi connectivity index (χ4n) is 5.11. The van der Waals surface area contributed by atoms with Crippen molar-refractivity contribution in [3.8, 4) is 5.69 Å². The van der Waals surface area contributed by atoms with Crippen molar-refractivity contribution in [1.29, 1.82) is 0 Å².